The number of rotatable bonds is 1. The Morgan fingerprint density at radius 2 is 2.23 bits per heavy atom. The van der Waals surface area contributed by atoms with Gasteiger partial charge in [0.2, 0.25) is 0 Å². The molecule has 0 amide bonds. The zero-order chi connectivity index (χ0) is 9.26. The maximum Gasteiger partial charge on any atom is 0.181 e. The van der Waals surface area contributed by atoms with E-state index < -0.39 is 0 Å². The molecule has 13 heavy (non-hydrogen) atoms. The van der Waals surface area contributed by atoms with Crippen molar-refractivity contribution in [2.45, 2.75) is 0 Å². The molecule has 0 atom stereocenters. The van der Waals surface area contributed by atoms with Crippen molar-refractivity contribution in [1.29, 1.82) is 0 Å². The lowest BCUT2D eigenvalue weighted by atomic mass is 10.2. The Balaban J connectivity index is 2.57. The first-order valence-corrected chi connectivity index (χ1v) is 4.40. The Bertz CT molecular complexity index is 414. The van der Waals surface area contributed by atoms with Crippen molar-refractivity contribution >= 4 is 15.9 Å². The van der Waals surface area contributed by atoms with Gasteiger partial charge in [0.1, 0.15) is 5.82 Å². The molecule has 0 saturated heterocycles. The third kappa shape index (κ3) is 1.62. The van der Waals surface area contributed by atoms with Crippen molar-refractivity contribution < 1.29 is 8.81 Å². The molecule has 2 nitrogen and oxygen atoms in total. The zero-order valence-electron chi connectivity index (χ0n) is 6.50. The van der Waals surface area contributed by atoms with Gasteiger partial charge in [-0.2, -0.15) is 0 Å². The second-order valence-corrected chi connectivity index (χ2v) is 3.41. The van der Waals surface area contributed by atoms with E-state index in [4.69, 9.17) is 4.42 Å². The lowest BCUT2D eigenvalue weighted by Crippen LogP contribution is -1.81. The van der Waals surface area contributed by atoms with Crippen LogP contribution in [-0.2, 0) is 0 Å². The summed E-state index contributed by atoms with van der Waals surface area (Å²) in [6.07, 6.45) is 2.75. The second-order valence-electron chi connectivity index (χ2n) is 2.49. The summed E-state index contributed by atoms with van der Waals surface area (Å²) in [6.45, 7) is 0. The first kappa shape index (κ1) is 8.44. The Labute approximate surface area is 82.5 Å². The summed E-state index contributed by atoms with van der Waals surface area (Å²) in [4.78, 5) is 3.72. The van der Waals surface area contributed by atoms with E-state index >= 15 is 0 Å². The van der Waals surface area contributed by atoms with Gasteiger partial charge in [-0.05, 0) is 18.2 Å². The Hall–Kier alpha value is -1.16. The van der Waals surface area contributed by atoms with Crippen LogP contribution in [0.4, 0.5) is 4.39 Å². The van der Waals surface area contributed by atoms with Crippen LogP contribution < -0.4 is 0 Å². The van der Waals surface area contributed by atoms with E-state index in [2.05, 4.69) is 20.9 Å². The molecule has 0 fully saturated rings. The highest BCUT2D eigenvalue weighted by atomic mass is 79.9. The number of benzene rings is 1. The van der Waals surface area contributed by atoms with E-state index in [1.54, 1.807) is 12.1 Å². The van der Waals surface area contributed by atoms with Gasteiger partial charge in [0.05, 0.1) is 11.8 Å². The summed E-state index contributed by atoms with van der Waals surface area (Å²) in [5.74, 6) is 0.110. The number of nitrogens with zero attached hydrogens (tertiary/aromatic N) is 1. The average Bonchev–Trinajstić information content (AvgIpc) is 2.61. The number of hydrogen-bond acceptors (Lipinski definition) is 2. The van der Waals surface area contributed by atoms with Gasteiger partial charge in [-0.3, -0.25) is 0 Å². The fourth-order valence-electron chi connectivity index (χ4n) is 1.04. The maximum atomic E-state index is 13.2. The molecule has 2 aromatic rings. The molecule has 1 aromatic heterocycles. The van der Waals surface area contributed by atoms with Crippen LogP contribution in [-0.4, -0.2) is 4.98 Å². The highest BCUT2D eigenvalue weighted by Crippen LogP contribution is 2.25. The average molecular weight is 242 g/mol. The minimum Gasteiger partial charge on any atom is -0.443 e. The Morgan fingerprint density at radius 1 is 1.38 bits per heavy atom. The fraction of sp³-hybridized carbons (Fsp3) is 0. The summed E-state index contributed by atoms with van der Waals surface area (Å²) in [7, 11) is 0. The van der Waals surface area contributed by atoms with Crippen molar-refractivity contribution in [2.24, 2.45) is 0 Å². The predicted molar refractivity (Wildman–Crippen MR) is 49.6 cm³/mol. The molecule has 0 radical (unpaired) electrons. The highest BCUT2D eigenvalue weighted by Gasteiger charge is 2.07. The molecule has 1 aromatic carbocycles. The van der Waals surface area contributed by atoms with E-state index in [0.717, 1.165) is 4.47 Å². The SMILES string of the molecule is Fc1ccc(Br)cc1-c1cnco1. The third-order valence-electron chi connectivity index (χ3n) is 1.63. The number of hydrogen-bond donors (Lipinski definition) is 0. The Morgan fingerprint density at radius 3 is 2.92 bits per heavy atom. The lowest BCUT2D eigenvalue weighted by molar-refractivity contribution is 0.561. The van der Waals surface area contributed by atoms with Gasteiger partial charge in [0, 0.05) is 4.47 Å². The van der Waals surface area contributed by atoms with E-state index in [9.17, 15) is 4.39 Å². The van der Waals surface area contributed by atoms with Crippen LogP contribution in [0.3, 0.4) is 0 Å². The van der Waals surface area contributed by atoms with Crippen molar-refractivity contribution in [3.63, 3.8) is 0 Å². The van der Waals surface area contributed by atoms with Gasteiger partial charge in [-0.25, -0.2) is 9.37 Å². The molecule has 4 heteroatoms. The summed E-state index contributed by atoms with van der Waals surface area (Å²) in [5.41, 5.74) is 0.409. The first-order chi connectivity index (χ1) is 6.27. The van der Waals surface area contributed by atoms with E-state index in [1.807, 2.05) is 0 Å². The summed E-state index contributed by atoms with van der Waals surface area (Å²) in [5, 5.41) is 0. The van der Waals surface area contributed by atoms with Gasteiger partial charge in [0.25, 0.3) is 0 Å². The number of oxazole rings is 1. The van der Waals surface area contributed by atoms with Gasteiger partial charge in [-0.1, -0.05) is 15.9 Å². The minimum atomic E-state index is -0.319. The van der Waals surface area contributed by atoms with Crippen LogP contribution >= 0.6 is 15.9 Å². The standard InChI is InChI=1S/C9H5BrFNO/c10-6-1-2-8(11)7(3-6)9-4-12-5-13-9/h1-5H. The molecule has 0 saturated carbocycles. The maximum absolute atomic E-state index is 13.2. The van der Waals surface area contributed by atoms with Crippen LogP contribution in [0.2, 0.25) is 0 Å². The number of aromatic nitrogens is 1. The molecular formula is C9H5BrFNO. The normalized spacial score (nSPS) is 10.3. The highest BCUT2D eigenvalue weighted by molar-refractivity contribution is 9.10. The van der Waals surface area contributed by atoms with Gasteiger partial charge < -0.3 is 4.42 Å². The molecule has 0 aliphatic rings. The van der Waals surface area contributed by atoms with E-state index in [1.165, 1.54) is 18.7 Å². The summed E-state index contributed by atoms with van der Waals surface area (Å²) < 4.78 is 19.0. The predicted octanol–water partition coefficient (Wildman–Crippen LogP) is 3.24. The molecule has 0 spiro atoms. The molecule has 0 aliphatic heterocycles. The van der Waals surface area contributed by atoms with Gasteiger partial charge in [-0.15, -0.1) is 0 Å². The summed E-state index contributed by atoms with van der Waals surface area (Å²) >= 11 is 3.25. The largest absolute Gasteiger partial charge is 0.443 e. The van der Waals surface area contributed by atoms with Crippen molar-refractivity contribution in [3.8, 4) is 11.3 Å². The fourth-order valence-corrected chi connectivity index (χ4v) is 1.40. The monoisotopic (exact) mass is 241 g/mol. The molecule has 1 heterocycles. The molecule has 0 unspecified atom stereocenters. The van der Waals surface area contributed by atoms with Gasteiger partial charge >= 0.3 is 0 Å². The summed E-state index contributed by atoms with van der Waals surface area (Å²) in [6, 6.07) is 4.66. The molecule has 0 N–H and O–H groups in total. The van der Waals surface area contributed by atoms with Crippen LogP contribution in [0.25, 0.3) is 11.3 Å². The number of halogens is 2. The van der Waals surface area contributed by atoms with Crippen molar-refractivity contribution in [1.82, 2.24) is 4.98 Å². The van der Waals surface area contributed by atoms with Crippen molar-refractivity contribution in [3.05, 3.63) is 41.1 Å². The van der Waals surface area contributed by atoms with Gasteiger partial charge in [0.15, 0.2) is 12.2 Å². The third-order valence-corrected chi connectivity index (χ3v) is 2.12. The molecule has 2 rings (SSSR count). The first-order valence-electron chi connectivity index (χ1n) is 3.61. The second kappa shape index (κ2) is 3.30. The van der Waals surface area contributed by atoms with E-state index in [-0.39, 0.29) is 5.82 Å². The van der Waals surface area contributed by atoms with Crippen molar-refractivity contribution in [2.75, 3.05) is 0 Å². The van der Waals surface area contributed by atoms with Crippen LogP contribution in [0.15, 0.2) is 39.7 Å². The lowest BCUT2D eigenvalue weighted by Gasteiger charge is -1.98. The van der Waals surface area contributed by atoms with E-state index in [0.29, 0.717) is 11.3 Å². The van der Waals surface area contributed by atoms with Crippen LogP contribution in [0, 0.1) is 5.82 Å². The van der Waals surface area contributed by atoms with Crippen LogP contribution in [0.1, 0.15) is 0 Å². The quantitative estimate of drug-likeness (QED) is 0.767. The molecule has 0 bridgehead atoms. The minimum absolute atomic E-state index is 0.319. The molecule has 66 valence electrons. The molecule has 0 aliphatic carbocycles. The Kier molecular flexibility index (Phi) is 2.14. The topological polar surface area (TPSA) is 26.0 Å². The smallest absolute Gasteiger partial charge is 0.181 e. The van der Waals surface area contributed by atoms with Crippen LogP contribution in [0.5, 0.6) is 0 Å². The molecular weight excluding hydrogens is 237 g/mol. The zero-order valence-corrected chi connectivity index (χ0v) is 8.08.